The van der Waals surface area contributed by atoms with E-state index in [1.54, 1.807) is 6.20 Å². The van der Waals surface area contributed by atoms with Crippen LogP contribution in [0.3, 0.4) is 0 Å². The molecular formula is C24H33N5O3. The average molecular weight is 440 g/mol. The number of nitrogens with zero attached hydrogens (tertiary/aromatic N) is 4. The summed E-state index contributed by atoms with van der Waals surface area (Å²) >= 11 is 0. The molecule has 1 saturated carbocycles. The number of amides is 2. The summed E-state index contributed by atoms with van der Waals surface area (Å²) < 4.78 is 7.69. The fourth-order valence-corrected chi connectivity index (χ4v) is 4.99. The lowest BCUT2D eigenvalue weighted by molar-refractivity contribution is -0.136. The third-order valence-corrected chi connectivity index (χ3v) is 6.94. The first kappa shape index (κ1) is 21.4. The second-order valence-corrected chi connectivity index (χ2v) is 9.42. The average Bonchev–Trinajstić information content (AvgIpc) is 3.62. The first-order valence-corrected chi connectivity index (χ1v) is 12.2. The van der Waals surface area contributed by atoms with Gasteiger partial charge in [-0.05, 0) is 57.1 Å². The SMILES string of the molecule is O=C(NCCn1nc([C@H]2CCCN(C(=O)C[C@H]3CCCCO3)C2)c2cccnc21)C1CC1. The van der Waals surface area contributed by atoms with Gasteiger partial charge in [-0.25, -0.2) is 9.67 Å². The van der Waals surface area contributed by atoms with Crippen molar-refractivity contribution in [2.45, 2.75) is 69.9 Å². The molecule has 2 saturated heterocycles. The zero-order valence-corrected chi connectivity index (χ0v) is 18.7. The largest absolute Gasteiger partial charge is 0.378 e. The van der Waals surface area contributed by atoms with E-state index >= 15 is 0 Å². The molecule has 0 radical (unpaired) electrons. The molecule has 0 unspecified atom stereocenters. The maximum atomic E-state index is 12.9. The molecular weight excluding hydrogens is 406 g/mol. The van der Waals surface area contributed by atoms with Crippen molar-refractivity contribution in [2.75, 3.05) is 26.2 Å². The summed E-state index contributed by atoms with van der Waals surface area (Å²) in [6.07, 6.45) is 9.60. The summed E-state index contributed by atoms with van der Waals surface area (Å²) in [6, 6.07) is 4.01. The number of hydrogen-bond donors (Lipinski definition) is 1. The maximum absolute atomic E-state index is 12.9. The lowest BCUT2D eigenvalue weighted by Crippen LogP contribution is -2.41. The van der Waals surface area contributed by atoms with Crippen LogP contribution in [0.15, 0.2) is 18.3 Å². The van der Waals surface area contributed by atoms with Gasteiger partial charge in [-0.1, -0.05) is 0 Å². The van der Waals surface area contributed by atoms with Gasteiger partial charge >= 0.3 is 0 Å². The van der Waals surface area contributed by atoms with Gasteiger partial charge in [-0.3, -0.25) is 9.59 Å². The number of aromatic nitrogens is 3. The number of rotatable bonds is 7. The summed E-state index contributed by atoms with van der Waals surface area (Å²) in [5, 5.41) is 8.99. The molecule has 2 atom stereocenters. The zero-order chi connectivity index (χ0) is 21.9. The predicted molar refractivity (Wildman–Crippen MR) is 120 cm³/mol. The van der Waals surface area contributed by atoms with E-state index in [-0.39, 0.29) is 29.8 Å². The van der Waals surface area contributed by atoms with E-state index in [1.807, 2.05) is 15.6 Å². The van der Waals surface area contributed by atoms with Crippen molar-refractivity contribution in [1.29, 1.82) is 0 Å². The number of carbonyl (C=O) groups is 2. The van der Waals surface area contributed by atoms with E-state index in [0.29, 0.717) is 26.1 Å². The highest BCUT2D eigenvalue weighted by Crippen LogP contribution is 2.32. The molecule has 8 heteroatoms. The van der Waals surface area contributed by atoms with Gasteiger partial charge in [-0.15, -0.1) is 0 Å². The summed E-state index contributed by atoms with van der Waals surface area (Å²) in [4.78, 5) is 31.5. The van der Waals surface area contributed by atoms with Crippen LogP contribution in [0, 0.1) is 5.92 Å². The highest BCUT2D eigenvalue weighted by Gasteiger charge is 2.31. The standard InChI is InChI=1S/C24H33N5O3/c30-21(15-19-6-1-2-14-32-19)28-12-4-5-18(16-28)22-20-7-3-10-25-23(20)29(27-22)13-11-26-24(31)17-8-9-17/h3,7,10,17-19H,1-2,4-6,8-9,11-16H2,(H,26,31)/t18-,19+/m0/s1. The van der Waals surface area contributed by atoms with Crippen molar-refractivity contribution < 1.29 is 14.3 Å². The lowest BCUT2D eigenvalue weighted by Gasteiger charge is -2.33. The van der Waals surface area contributed by atoms with Gasteiger partial charge in [0, 0.05) is 49.7 Å². The Hall–Kier alpha value is -2.48. The molecule has 2 aliphatic heterocycles. The highest BCUT2D eigenvalue weighted by atomic mass is 16.5. The predicted octanol–water partition coefficient (Wildman–Crippen LogP) is 2.62. The number of hydrogen-bond acceptors (Lipinski definition) is 5. The molecule has 1 N–H and O–H groups in total. The van der Waals surface area contributed by atoms with Gasteiger partial charge in [0.1, 0.15) is 0 Å². The molecule has 3 fully saturated rings. The van der Waals surface area contributed by atoms with E-state index in [1.165, 1.54) is 0 Å². The molecule has 32 heavy (non-hydrogen) atoms. The smallest absolute Gasteiger partial charge is 0.225 e. The minimum Gasteiger partial charge on any atom is -0.378 e. The minimum atomic E-state index is 0.0757. The van der Waals surface area contributed by atoms with Crippen molar-refractivity contribution in [3.05, 3.63) is 24.0 Å². The lowest BCUT2D eigenvalue weighted by atomic mass is 9.92. The first-order valence-electron chi connectivity index (χ1n) is 12.2. The molecule has 172 valence electrons. The fraction of sp³-hybridized carbons (Fsp3) is 0.667. The number of piperidine rings is 1. The minimum absolute atomic E-state index is 0.0757. The third kappa shape index (κ3) is 4.80. The van der Waals surface area contributed by atoms with Gasteiger partial charge in [-0.2, -0.15) is 5.10 Å². The van der Waals surface area contributed by atoms with E-state index in [9.17, 15) is 9.59 Å². The number of likely N-dealkylation sites (tertiary alicyclic amines) is 1. The van der Waals surface area contributed by atoms with Crippen LogP contribution in [-0.4, -0.2) is 63.8 Å². The van der Waals surface area contributed by atoms with E-state index in [0.717, 1.165) is 74.8 Å². The van der Waals surface area contributed by atoms with Crippen LogP contribution in [0.1, 0.15) is 63.0 Å². The van der Waals surface area contributed by atoms with Crippen molar-refractivity contribution in [3.8, 4) is 0 Å². The molecule has 1 aliphatic carbocycles. The number of nitrogens with one attached hydrogen (secondary N) is 1. The van der Waals surface area contributed by atoms with Crippen molar-refractivity contribution in [2.24, 2.45) is 5.92 Å². The summed E-state index contributed by atoms with van der Waals surface area (Å²) in [7, 11) is 0. The molecule has 4 heterocycles. The summed E-state index contributed by atoms with van der Waals surface area (Å²) in [6.45, 7) is 3.44. The Balaban J connectivity index is 1.26. The monoisotopic (exact) mass is 439 g/mol. The molecule has 0 spiro atoms. The molecule has 8 nitrogen and oxygen atoms in total. The summed E-state index contributed by atoms with van der Waals surface area (Å²) in [5.74, 6) is 0.765. The normalized spacial score (nSPS) is 23.9. The Morgan fingerprint density at radius 2 is 2.06 bits per heavy atom. The van der Waals surface area contributed by atoms with Crippen LogP contribution < -0.4 is 5.32 Å². The number of carbonyl (C=O) groups excluding carboxylic acids is 2. The van der Waals surface area contributed by atoms with Crippen molar-refractivity contribution in [3.63, 3.8) is 0 Å². The highest BCUT2D eigenvalue weighted by molar-refractivity contribution is 5.81. The third-order valence-electron chi connectivity index (χ3n) is 6.94. The Bertz CT molecular complexity index is 964. The first-order chi connectivity index (χ1) is 15.7. The number of ether oxygens (including phenoxy) is 1. The zero-order valence-electron chi connectivity index (χ0n) is 18.7. The quantitative estimate of drug-likeness (QED) is 0.716. The fourth-order valence-electron chi connectivity index (χ4n) is 4.99. The molecule has 0 aromatic carbocycles. The van der Waals surface area contributed by atoms with Gasteiger partial charge in [0.05, 0.1) is 24.8 Å². The van der Waals surface area contributed by atoms with Gasteiger partial charge < -0.3 is 15.0 Å². The second kappa shape index (κ2) is 9.57. The maximum Gasteiger partial charge on any atom is 0.225 e. The Labute approximate surface area is 188 Å². The number of pyridine rings is 1. The van der Waals surface area contributed by atoms with Gasteiger partial charge in [0.2, 0.25) is 11.8 Å². The Kier molecular flexibility index (Phi) is 6.39. The molecule has 2 aromatic rings. The van der Waals surface area contributed by atoms with Crippen LogP contribution in [0.2, 0.25) is 0 Å². The summed E-state index contributed by atoms with van der Waals surface area (Å²) in [5.41, 5.74) is 1.87. The Morgan fingerprint density at radius 3 is 2.88 bits per heavy atom. The van der Waals surface area contributed by atoms with Crippen LogP contribution in [-0.2, 0) is 20.9 Å². The molecule has 2 aromatic heterocycles. The van der Waals surface area contributed by atoms with E-state index in [2.05, 4.69) is 16.4 Å². The molecule has 3 aliphatic rings. The van der Waals surface area contributed by atoms with Crippen LogP contribution in [0.25, 0.3) is 11.0 Å². The van der Waals surface area contributed by atoms with Crippen LogP contribution >= 0.6 is 0 Å². The second-order valence-electron chi connectivity index (χ2n) is 9.42. The van der Waals surface area contributed by atoms with Crippen LogP contribution in [0.5, 0.6) is 0 Å². The van der Waals surface area contributed by atoms with Gasteiger partial charge in [0.15, 0.2) is 5.65 Å². The van der Waals surface area contributed by atoms with Crippen LogP contribution in [0.4, 0.5) is 0 Å². The van der Waals surface area contributed by atoms with E-state index in [4.69, 9.17) is 9.84 Å². The molecule has 2 amide bonds. The van der Waals surface area contributed by atoms with Gasteiger partial charge in [0.25, 0.3) is 0 Å². The molecule has 5 rings (SSSR count). The Morgan fingerprint density at radius 1 is 1.16 bits per heavy atom. The molecule has 0 bridgehead atoms. The van der Waals surface area contributed by atoms with Crippen molar-refractivity contribution >= 4 is 22.8 Å². The van der Waals surface area contributed by atoms with Crippen molar-refractivity contribution in [1.82, 2.24) is 25.0 Å². The number of fused-ring (bicyclic) bond motifs is 1. The topological polar surface area (TPSA) is 89.4 Å². The van der Waals surface area contributed by atoms with E-state index < -0.39 is 0 Å².